The highest BCUT2D eigenvalue weighted by molar-refractivity contribution is 8.93. The topological polar surface area (TPSA) is 62.9 Å². The summed E-state index contributed by atoms with van der Waals surface area (Å²) in [6.07, 6.45) is 5.02. The molecule has 1 aromatic carbocycles. The van der Waals surface area contributed by atoms with Crippen LogP contribution in [-0.4, -0.2) is 43.2 Å². The van der Waals surface area contributed by atoms with Gasteiger partial charge in [-0.15, -0.1) is 17.0 Å². The molecule has 2 aliphatic rings. The molecule has 1 aliphatic carbocycles. The second kappa shape index (κ2) is 10.0. The first-order valence-corrected chi connectivity index (χ1v) is 8.74. The minimum Gasteiger partial charge on any atom is -0.379 e. The lowest BCUT2D eigenvalue weighted by Crippen LogP contribution is -2.38. The van der Waals surface area contributed by atoms with E-state index in [4.69, 9.17) is 10.5 Å². The van der Waals surface area contributed by atoms with Crippen molar-refractivity contribution in [3.05, 3.63) is 35.4 Å². The standard InChI is InChI=1S/C18H28N4O.BrH/c19-18(21-17-7-3-4-8-17)20-13-15-5-1-2-6-16(15)14-22-9-11-23-12-10-22;/h1-2,5-6,17H,3-4,7-14H2,(H3,19,20,21);1H. The quantitative estimate of drug-likeness (QED) is 0.592. The van der Waals surface area contributed by atoms with Gasteiger partial charge in [0.2, 0.25) is 0 Å². The van der Waals surface area contributed by atoms with Gasteiger partial charge in [-0.3, -0.25) is 4.90 Å². The van der Waals surface area contributed by atoms with E-state index in [1.54, 1.807) is 0 Å². The number of morpholine rings is 1. The van der Waals surface area contributed by atoms with Crippen LogP contribution in [0.15, 0.2) is 29.3 Å². The van der Waals surface area contributed by atoms with Gasteiger partial charge in [0.05, 0.1) is 19.8 Å². The number of hydrogen-bond donors (Lipinski definition) is 2. The van der Waals surface area contributed by atoms with E-state index in [2.05, 4.69) is 39.5 Å². The van der Waals surface area contributed by atoms with Gasteiger partial charge >= 0.3 is 0 Å². The van der Waals surface area contributed by atoms with E-state index in [1.807, 2.05) is 0 Å². The Morgan fingerprint density at radius 1 is 1.17 bits per heavy atom. The lowest BCUT2D eigenvalue weighted by Gasteiger charge is -2.27. The maximum absolute atomic E-state index is 6.05. The number of guanidine groups is 1. The second-order valence-corrected chi connectivity index (χ2v) is 6.48. The molecule has 0 radical (unpaired) electrons. The zero-order valence-electron chi connectivity index (χ0n) is 14.2. The summed E-state index contributed by atoms with van der Waals surface area (Å²) in [4.78, 5) is 6.99. The van der Waals surface area contributed by atoms with Gasteiger partial charge in [-0.1, -0.05) is 37.1 Å². The number of nitrogens with two attached hydrogens (primary N) is 1. The summed E-state index contributed by atoms with van der Waals surface area (Å²) in [5.74, 6) is 0.582. The maximum Gasteiger partial charge on any atom is 0.189 e. The number of benzene rings is 1. The van der Waals surface area contributed by atoms with Crippen molar-refractivity contribution in [3.8, 4) is 0 Å². The molecule has 1 saturated heterocycles. The molecule has 1 aliphatic heterocycles. The summed E-state index contributed by atoms with van der Waals surface area (Å²) < 4.78 is 5.42. The molecule has 134 valence electrons. The Hall–Kier alpha value is -1.11. The lowest BCUT2D eigenvalue weighted by molar-refractivity contribution is 0.0341. The molecule has 3 N–H and O–H groups in total. The zero-order valence-corrected chi connectivity index (χ0v) is 16.0. The number of halogens is 1. The summed E-state index contributed by atoms with van der Waals surface area (Å²) in [5, 5.41) is 3.35. The number of hydrogen-bond acceptors (Lipinski definition) is 3. The third-order valence-electron chi connectivity index (χ3n) is 4.74. The van der Waals surface area contributed by atoms with Gasteiger partial charge in [0.25, 0.3) is 0 Å². The lowest BCUT2D eigenvalue weighted by atomic mass is 10.1. The van der Waals surface area contributed by atoms with Gasteiger partial charge in [0.15, 0.2) is 5.96 Å². The number of nitrogens with zero attached hydrogens (tertiary/aromatic N) is 2. The van der Waals surface area contributed by atoms with Crippen LogP contribution in [0.5, 0.6) is 0 Å². The average molecular weight is 397 g/mol. The molecule has 24 heavy (non-hydrogen) atoms. The van der Waals surface area contributed by atoms with Gasteiger partial charge < -0.3 is 15.8 Å². The minimum atomic E-state index is 0. The van der Waals surface area contributed by atoms with E-state index >= 15 is 0 Å². The number of nitrogens with one attached hydrogen (secondary N) is 1. The molecular formula is C18H29BrN4O. The summed E-state index contributed by atoms with van der Waals surface area (Å²) in [6, 6.07) is 9.04. The molecule has 0 spiro atoms. The fraction of sp³-hybridized carbons (Fsp3) is 0.611. The van der Waals surface area contributed by atoms with Crippen LogP contribution in [-0.2, 0) is 17.8 Å². The van der Waals surface area contributed by atoms with E-state index in [-0.39, 0.29) is 17.0 Å². The fourth-order valence-corrected chi connectivity index (χ4v) is 3.36. The van der Waals surface area contributed by atoms with Crippen molar-refractivity contribution in [1.29, 1.82) is 0 Å². The summed E-state index contributed by atoms with van der Waals surface area (Å²) >= 11 is 0. The predicted molar refractivity (Wildman–Crippen MR) is 104 cm³/mol. The Morgan fingerprint density at radius 3 is 2.54 bits per heavy atom. The molecular weight excluding hydrogens is 368 g/mol. The molecule has 0 amide bonds. The van der Waals surface area contributed by atoms with Crippen molar-refractivity contribution >= 4 is 22.9 Å². The van der Waals surface area contributed by atoms with Crippen LogP contribution in [0, 0.1) is 0 Å². The molecule has 1 saturated carbocycles. The van der Waals surface area contributed by atoms with Crippen LogP contribution in [0.25, 0.3) is 0 Å². The van der Waals surface area contributed by atoms with E-state index in [9.17, 15) is 0 Å². The van der Waals surface area contributed by atoms with E-state index < -0.39 is 0 Å². The molecule has 0 bridgehead atoms. The Labute approximate surface area is 155 Å². The summed E-state index contributed by atoms with van der Waals surface area (Å²) in [7, 11) is 0. The van der Waals surface area contributed by atoms with Crippen LogP contribution in [0.3, 0.4) is 0 Å². The minimum absolute atomic E-state index is 0. The van der Waals surface area contributed by atoms with Crippen molar-refractivity contribution in [2.75, 3.05) is 26.3 Å². The average Bonchev–Trinajstić information content (AvgIpc) is 3.08. The predicted octanol–water partition coefficient (Wildman–Crippen LogP) is 2.44. The normalized spacial score (nSPS) is 19.9. The molecule has 1 aromatic rings. The Bertz CT molecular complexity index is 526. The third kappa shape index (κ3) is 5.76. The monoisotopic (exact) mass is 396 g/mol. The van der Waals surface area contributed by atoms with E-state index in [0.29, 0.717) is 18.5 Å². The third-order valence-corrected chi connectivity index (χ3v) is 4.74. The SMILES string of the molecule is Br.NC(=NCc1ccccc1CN1CCOCC1)NC1CCCC1. The van der Waals surface area contributed by atoms with E-state index in [0.717, 1.165) is 32.8 Å². The molecule has 1 heterocycles. The molecule has 2 fully saturated rings. The van der Waals surface area contributed by atoms with Crippen LogP contribution >= 0.6 is 17.0 Å². The number of ether oxygens (including phenoxy) is 1. The summed E-state index contributed by atoms with van der Waals surface area (Å²) in [6.45, 7) is 5.28. The molecule has 0 unspecified atom stereocenters. The van der Waals surface area contributed by atoms with Gasteiger partial charge in [0, 0.05) is 25.7 Å². The highest BCUT2D eigenvalue weighted by atomic mass is 79.9. The molecule has 0 atom stereocenters. The van der Waals surface area contributed by atoms with Gasteiger partial charge in [-0.2, -0.15) is 0 Å². The summed E-state index contributed by atoms with van der Waals surface area (Å²) in [5.41, 5.74) is 8.65. The molecule has 0 aromatic heterocycles. The van der Waals surface area contributed by atoms with Crippen molar-refractivity contribution in [2.24, 2.45) is 10.7 Å². The molecule has 3 rings (SSSR count). The van der Waals surface area contributed by atoms with Crippen molar-refractivity contribution in [1.82, 2.24) is 10.2 Å². The van der Waals surface area contributed by atoms with Gasteiger partial charge in [-0.25, -0.2) is 4.99 Å². The fourth-order valence-electron chi connectivity index (χ4n) is 3.36. The molecule has 6 heteroatoms. The van der Waals surface area contributed by atoms with Crippen molar-refractivity contribution in [2.45, 2.75) is 44.8 Å². The first-order valence-electron chi connectivity index (χ1n) is 8.74. The van der Waals surface area contributed by atoms with Gasteiger partial charge in [-0.05, 0) is 24.0 Å². The second-order valence-electron chi connectivity index (χ2n) is 6.48. The Balaban J connectivity index is 0.00000208. The Morgan fingerprint density at radius 2 is 1.83 bits per heavy atom. The van der Waals surface area contributed by atoms with Crippen LogP contribution in [0.2, 0.25) is 0 Å². The van der Waals surface area contributed by atoms with E-state index in [1.165, 1.54) is 36.8 Å². The smallest absolute Gasteiger partial charge is 0.189 e. The maximum atomic E-state index is 6.05. The number of aliphatic imine (C=N–C) groups is 1. The van der Waals surface area contributed by atoms with Gasteiger partial charge in [0.1, 0.15) is 0 Å². The van der Waals surface area contributed by atoms with Crippen LogP contribution in [0.1, 0.15) is 36.8 Å². The van der Waals surface area contributed by atoms with Crippen molar-refractivity contribution in [3.63, 3.8) is 0 Å². The highest BCUT2D eigenvalue weighted by Gasteiger charge is 2.15. The number of rotatable bonds is 5. The Kier molecular flexibility index (Phi) is 8.02. The molecule has 5 nitrogen and oxygen atoms in total. The zero-order chi connectivity index (χ0) is 15.9. The highest BCUT2D eigenvalue weighted by Crippen LogP contribution is 2.17. The first kappa shape index (κ1) is 19.2. The van der Waals surface area contributed by atoms with Crippen molar-refractivity contribution < 1.29 is 4.74 Å². The van der Waals surface area contributed by atoms with Crippen LogP contribution in [0.4, 0.5) is 0 Å². The van der Waals surface area contributed by atoms with Crippen LogP contribution < -0.4 is 11.1 Å². The first-order chi connectivity index (χ1) is 11.3. The largest absolute Gasteiger partial charge is 0.379 e.